The summed E-state index contributed by atoms with van der Waals surface area (Å²) in [7, 11) is 3.23. The number of rotatable bonds is 6. The van der Waals surface area contributed by atoms with Gasteiger partial charge in [0.2, 0.25) is 11.7 Å². The van der Waals surface area contributed by atoms with Gasteiger partial charge < -0.3 is 24.8 Å². The molecule has 148 valence electrons. The molecule has 1 unspecified atom stereocenters. The van der Waals surface area contributed by atoms with Crippen molar-refractivity contribution in [2.75, 3.05) is 7.05 Å². The van der Waals surface area contributed by atoms with Crippen molar-refractivity contribution in [3.05, 3.63) is 65.1 Å². The zero-order chi connectivity index (χ0) is 20.5. The second-order valence-electron chi connectivity index (χ2n) is 6.81. The number of hydrogen-bond acceptors (Lipinski definition) is 4. The van der Waals surface area contributed by atoms with E-state index >= 15 is 0 Å². The Morgan fingerprint density at radius 2 is 2.04 bits per heavy atom. The molecule has 3 rings (SSSR count). The molecule has 6 nitrogen and oxygen atoms in total. The molecule has 3 N–H and O–H groups in total. The fourth-order valence-electron chi connectivity index (χ4n) is 3.20. The van der Waals surface area contributed by atoms with Gasteiger partial charge in [0.1, 0.15) is 11.6 Å². The number of nitrogens with zero attached hydrogens (tertiary/aromatic N) is 1. The number of halogens is 1. The van der Waals surface area contributed by atoms with Gasteiger partial charge >= 0.3 is 0 Å². The zero-order valence-corrected chi connectivity index (χ0v) is 16.0. The molecule has 0 saturated heterocycles. The summed E-state index contributed by atoms with van der Waals surface area (Å²) in [5, 5.41) is 23.8. The van der Waals surface area contributed by atoms with E-state index in [1.54, 1.807) is 49.0 Å². The molecule has 0 aliphatic carbocycles. The molecule has 0 radical (unpaired) electrons. The molecule has 0 aliphatic rings. The Balaban J connectivity index is 2.16. The highest BCUT2D eigenvalue weighted by molar-refractivity contribution is 5.86. The molecule has 2 aromatic carbocycles. The predicted molar refractivity (Wildman–Crippen MR) is 103 cm³/mol. The second kappa shape index (κ2) is 7.61. The van der Waals surface area contributed by atoms with Crippen LogP contribution in [0.3, 0.4) is 0 Å². The van der Waals surface area contributed by atoms with Crippen LogP contribution >= 0.6 is 0 Å². The number of aromatic nitrogens is 1. The number of carbonyl (C=O) groups is 1. The Morgan fingerprint density at radius 3 is 2.71 bits per heavy atom. The molecule has 28 heavy (non-hydrogen) atoms. The van der Waals surface area contributed by atoms with Crippen molar-refractivity contribution in [3.63, 3.8) is 0 Å². The molecule has 0 bridgehead atoms. The summed E-state index contributed by atoms with van der Waals surface area (Å²) < 4.78 is 21.6. The van der Waals surface area contributed by atoms with Crippen LogP contribution in [0.1, 0.15) is 23.1 Å². The van der Waals surface area contributed by atoms with Gasteiger partial charge in [0, 0.05) is 36.8 Å². The standard InChI is InChI=1S/C21H23FN2O4/c1-13-4-5-14(12-25)8-19(13)28-21(27,10-20(26)23-2)17-11-24(3)18-7-6-15(22)9-16(17)18/h4-9,11,25,27H,10,12H2,1-3H3,(H,23,26). The van der Waals surface area contributed by atoms with Gasteiger partial charge in [-0.25, -0.2) is 4.39 Å². The molecule has 1 amide bonds. The van der Waals surface area contributed by atoms with Gasteiger partial charge in [0.15, 0.2) is 0 Å². The Kier molecular flexibility index (Phi) is 5.40. The monoisotopic (exact) mass is 386 g/mol. The third-order valence-corrected chi connectivity index (χ3v) is 4.77. The van der Waals surface area contributed by atoms with Gasteiger partial charge in [0.05, 0.1) is 13.0 Å². The maximum Gasteiger partial charge on any atom is 0.245 e. The van der Waals surface area contributed by atoms with Crippen LogP contribution in [0, 0.1) is 12.7 Å². The Labute approximate surface area is 162 Å². The first-order chi connectivity index (χ1) is 13.3. The molecule has 3 aromatic rings. The molecule has 1 aromatic heterocycles. The van der Waals surface area contributed by atoms with Crippen LogP contribution in [0.2, 0.25) is 0 Å². The predicted octanol–water partition coefficient (Wildman–Crippen LogP) is 2.48. The van der Waals surface area contributed by atoms with Crippen LogP contribution in [0.15, 0.2) is 42.6 Å². The maximum atomic E-state index is 13.9. The van der Waals surface area contributed by atoms with Crippen LogP contribution in [-0.4, -0.2) is 27.7 Å². The molecule has 0 aliphatic heterocycles. The van der Waals surface area contributed by atoms with E-state index in [1.807, 2.05) is 0 Å². The van der Waals surface area contributed by atoms with Crippen molar-refractivity contribution in [3.8, 4) is 5.75 Å². The number of aliphatic hydroxyl groups is 2. The molecule has 0 spiro atoms. The van der Waals surface area contributed by atoms with E-state index < -0.39 is 17.5 Å². The van der Waals surface area contributed by atoms with Crippen LogP contribution < -0.4 is 10.1 Å². The Bertz CT molecular complexity index is 1030. The van der Waals surface area contributed by atoms with Crippen molar-refractivity contribution >= 4 is 16.8 Å². The Morgan fingerprint density at radius 1 is 1.29 bits per heavy atom. The molecule has 0 fully saturated rings. The summed E-state index contributed by atoms with van der Waals surface area (Å²) in [6.45, 7) is 1.60. The van der Waals surface area contributed by atoms with Crippen LogP contribution in [0.4, 0.5) is 4.39 Å². The third-order valence-electron chi connectivity index (χ3n) is 4.77. The topological polar surface area (TPSA) is 83.7 Å². The number of fused-ring (bicyclic) bond motifs is 1. The maximum absolute atomic E-state index is 13.9. The first-order valence-electron chi connectivity index (χ1n) is 8.85. The average molecular weight is 386 g/mol. The molecule has 1 heterocycles. The molecule has 1 atom stereocenters. The molecule has 7 heteroatoms. The lowest BCUT2D eigenvalue weighted by atomic mass is 10.0. The van der Waals surface area contributed by atoms with Gasteiger partial charge in [-0.3, -0.25) is 4.79 Å². The van der Waals surface area contributed by atoms with Crippen LogP contribution in [0.5, 0.6) is 5.75 Å². The molecular formula is C21H23FN2O4. The van der Waals surface area contributed by atoms with E-state index in [0.29, 0.717) is 22.2 Å². The summed E-state index contributed by atoms with van der Waals surface area (Å²) in [5.41, 5.74) is 2.30. The van der Waals surface area contributed by atoms with Gasteiger partial charge in [-0.1, -0.05) is 12.1 Å². The van der Waals surface area contributed by atoms with Gasteiger partial charge in [-0.05, 0) is 42.3 Å². The number of benzene rings is 2. The van der Waals surface area contributed by atoms with E-state index in [4.69, 9.17) is 4.74 Å². The van der Waals surface area contributed by atoms with Gasteiger partial charge in [0.25, 0.3) is 0 Å². The van der Waals surface area contributed by atoms with E-state index in [-0.39, 0.29) is 18.6 Å². The summed E-state index contributed by atoms with van der Waals surface area (Å²) in [5.74, 6) is -2.61. The summed E-state index contributed by atoms with van der Waals surface area (Å²) in [6.07, 6.45) is 1.24. The largest absolute Gasteiger partial charge is 0.457 e. The number of aryl methyl sites for hydroxylation is 2. The Hall–Kier alpha value is -2.90. The van der Waals surface area contributed by atoms with E-state index in [1.165, 1.54) is 19.2 Å². The summed E-state index contributed by atoms with van der Waals surface area (Å²) in [4.78, 5) is 12.1. The second-order valence-corrected chi connectivity index (χ2v) is 6.81. The van der Waals surface area contributed by atoms with E-state index in [2.05, 4.69) is 5.32 Å². The van der Waals surface area contributed by atoms with Crippen molar-refractivity contribution in [1.82, 2.24) is 9.88 Å². The summed E-state index contributed by atoms with van der Waals surface area (Å²) in [6, 6.07) is 9.35. The first kappa shape index (κ1) is 19.9. The summed E-state index contributed by atoms with van der Waals surface area (Å²) >= 11 is 0. The van der Waals surface area contributed by atoms with E-state index in [9.17, 15) is 19.4 Å². The number of ether oxygens (including phenoxy) is 1. The fourth-order valence-corrected chi connectivity index (χ4v) is 3.20. The van der Waals surface area contributed by atoms with Crippen molar-refractivity contribution < 1.29 is 24.1 Å². The highest BCUT2D eigenvalue weighted by Gasteiger charge is 2.38. The van der Waals surface area contributed by atoms with E-state index in [0.717, 1.165) is 5.56 Å². The highest BCUT2D eigenvalue weighted by atomic mass is 19.1. The number of nitrogens with one attached hydrogen (secondary N) is 1. The minimum atomic E-state index is -2.04. The van der Waals surface area contributed by atoms with Crippen molar-refractivity contribution in [2.45, 2.75) is 25.7 Å². The third kappa shape index (κ3) is 3.72. The van der Waals surface area contributed by atoms with Gasteiger partial charge in [-0.2, -0.15) is 0 Å². The molecular weight excluding hydrogens is 363 g/mol. The van der Waals surface area contributed by atoms with Crippen LogP contribution in [-0.2, 0) is 24.2 Å². The quantitative estimate of drug-likeness (QED) is 0.569. The minimum Gasteiger partial charge on any atom is -0.457 e. The number of aliphatic hydroxyl groups excluding tert-OH is 1. The van der Waals surface area contributed by atoms with Crippen LogP contribution in [0.25, 0.3) is 10.9 Å². The number of hydrogen-bond donors (Lipinski definition) is 3. The lowest BCUT2D eigenvalue weighted by Crippen LogP contribution is -2.38. The van der Waals surface area contributed by atoms with Crippen molar-refractivity contribution in [2.24, 2.45) is 7.05 Å². The fraction of sp³-hybridized carbons (Fsp3) is 0.286. The smallest absolute Gasteiger partial charge is 0.245 e. The minimum absolute atomic E-state index is 0.190. The number of carbonyl (C=O) groups excluding carboxylic acids is 1. The lowest BCUT2D eigenvalue weighted by Gasteiger charge is -2.29. The SMILES string of the molecule is CNC(=O)CC(O)(Oc1cc(CO)ccc1C)c1cn(C)c2ccc(F)cc12. The zero-order valence-electron chi connectivity index (χ0n) is 16.0. The highest BCUT2D eigenvalue weighted by Crippen LogP contribution is 2.36. The normalized spacial score (nSPS) is 13.4. The van der Waals surface area contributed by atoms with Gasteiger partial charge in [-0.15, -0.1) is 0 Å². The molecule has 0 saturated carbocycles. The number of amides is 1. The van der Waals surface area contributed by atoms with Crippen molar-refractivity contribution in [1.29, 1.82) is 0 Å². The average Bonchev–Trinajstić information content (AvgIpc) is 3.00. The first-order valence-corrected chi connectivity index (χ1v) is 8.85. The lowest BCUT2D eigenvalue weighted by molar-refractivity contribution is -0.162.